The van der Waals surface area contributed by atoms with Crippen molar-refractivity contribution >= 4 is 5.95 Å². The second-order valence-corrected chi connectivity index (χ2v) is 5.87. The van der Waals surface area contributed by atoms with Crippen molar-refractivity contribution in [2.24, 2.45) is 0 Å². The Bertz CT molecular complexity index is 480. The molecule has 102 valence electrons. The van der Waals surface area contributed by atoms with Crippen LogP contribution in [-0.2, 0) is 16.8 Å². The summed E-state index contributed by atoms with van der Waals surface area (Å²) in [5.74, 6) is 0.781. The molecule has 5 heteroatoms. The Morgan fingerprint density at radius 1 is 1.32 bits per heavy atom. The van der Waals surface area contributed by atoms with Crippen LogP contribution in [0.3, 0.4) is 0 Å². The van der Waals surface area contributed by atoms with Crippen LogP contribution >= 0.6 is 0 Å². The zero-order chi connectivity index (χ0) is 12.7. The maximum atomic E-state index is 5.37. The fraction of sp³-hybridized carbons (Fsp3) is 0.714. The minimum Gasteiger partial charge on any atom is -0.381 e. The number of hydrogen-bond donors (Lipinski definition) is 2. The summed E-state index contributed by atoms with van der Waals surface area (Å²) in [6.07, 6.45) is 7.90. The van der Waals surface area contributed by atoms with E-state index in [1.807, 2.05) is 6.20 Å². The Morgan fingerprint density at radius 3 is 2.89 bits per heavy atom. The van der Waals surface area contributed by atoms with E-state index in [-0.39, 0.29) is 5.54 Å². The lowest BCUT2D eigenvalue weighted by Crippen LogP contribution is -2.43. The van der Waals surface area contributed by atoms with E-state index in [9.17, 15) is 0 Å². The number of nitrogens with zero attached hydrogens (tertiary/aromatic N) is 2. The van der Waals surface area contributed by atoms with Crippen molar-refractivity contribution < 1.29 is 4.74 Å². The van der Waals surface area contributed by atoms with Crippen LogP contribution in [0, 0.1) is 0 Å². The van der Waals surface area contributed by atoms with Gasteiger partial charge in [0, 0.05) is 43.1 Å². The van der Waals surface area contributed by atoms with E-state index in [1.54, 1.807) is 0 Å². The summed E-state index contributed by atoms with van der Waals surface area (Å²) in [4.78, 5) is 9.22. The number of hydrogen-bond acceptors (Lipinski definition) is 5. The van der Waals surface area contributed by atoms with E-state index in [4.69, 9.17) is 9.72 Å². The molecule has 19 heavy (non-hydrogen) atoms. The largest absolute Gasteiger partial charge is 0.381 e. The topological polar surface area (TPSA) is 59.1 Å². The lowest BCUT2D eigenvalue weighted by Gasteiger charge is -2.39. The first kappa shape index (κ1) is 11.6. The molecule has 0 radical (unpaired) electrons. The van der Waals surface area contributed by atoms with Gasteiger partial charge in [0.25, 0.3) is 0 Å². The maximum absolute atomic E-state index is 5.37. The van der Waals surface area contributed by atoms with Crippen molar-refractivity contribution in [2.45, 2.75) is 50.2 Å². The van der Waals surface area contributed by atoms with Crippen LogP contribution in [0.5, 0.6) is 0 Å². The summed E-state index contributed by atoms with van der Waals surface area (Å²) in [5.41, 5.74) is 2.73. The molecular weight excluding hydrogens is 240 g/mol. The Labute approximate surface area is 113 Å². The second kappa shape index (κ2) is 4.42. The van der Waals surface area contributed by atoms with Crippen LogP contribution in [0.2, 0.25) is 0 Å². The Kier molecular flexibility index (Phi) is 2.70. The minimum atomic E-state index is 0.215. The Morgan fingerprint density at radius 2 is 2.16 bits per heavy atom. The van der Waals surface area contributed by atoms with Gasteiger partial charge in [0.05, 0.1) is 5.69 Å². The molecule has 0 bridgehead atoms. The highest BCUT2D eigenvalue weighted by Crippen LogP contribution is 2.45. The summed E-state index contributed by atoms with van der Waals surface area (Å²) in [7, 11) is 0. The predicted molar refractivity (Wildman–Crippen MR) is 71.9 cm³/mol. The molecule has 1 aromatic heterocycles. The van der Waals surface area contributed by atoms with Crippen LogP contribution < -0.4 is 10.6 Å². The first-order chi connectivity index (χ1) is 9.36. The second-order valence-electron chi connectivity index (χ2n) is 5.87. The fourth-order valence-electron chi connectivity index (χ4n) is 3.37. The predicted octanol–water partition coefficient (Wildman–Crippen LogP) is 1.55. The van der Waals surface area contributed by atoms with Gasteiger partial charge in [-0.15, -0.1) is 0 Å². The first-order valence-electron chi connectivity index (χ1n) is 7.31. The van der Waals surface area contributed by atoms with Gasteiger partial charge in [0.15, 0.2) is 0 Å². The molecule has 4 rings (SSSR count). The number of ether oxygens (including phenoxy) is 1. The Balaban J connectivity index is 1.52. The molecule has 1 saturated heterocycles. The highest BCUT2D eigenvalue weighted by Gasteiger charge is 2.44. The van der Waals surface area contributed by atoms with E-state index in [1.165, 1.54) is 30.5 Å². The highest BCUT2D eigenvalue weighted by atomic mass is 16.5. The van der Waals surface area contributed by atoms with Crippen molar-refractivity contribution in [3.8, 4) is 0 Å². The molecule has 3 aliphatic rings. The van der Waals surface area contributed by atoms with E-state index >= 15 is 0 Å². The molecule has 1 saturated carbocycles. The van der Waals surface area contributed by atoms with Gasteiger partial charge in [-0.05, 0) is 32.1 Å². The van der Waals surface area contributed by atoms with Gasteiger partial charge in [-0.3, -0.25) is 0 Å². The summed E-state index contributed by atoms with van der Waals surface area (Å²) in [6, 6.07) is 0.457. The maximum Gasteiger partial charge on any atom is 0.223 e. The van der Waals surface area contributed by atoms with E-state index in [0.29, 0.717) is 6.04 Å². The average Bonchev–Trinajstić information content (AvgIpc) is 2.78. The van der Waals surface area contributed by atoms with Crippen LogP contribution in [0.4, 0.5) is 5.95 Å². The highest BCUT2D eigenvalue weighted by molar-refractivity contribution is 5.39. The lowest BCUT2D eigenvalue weighted by atomic mass is 9.74. The standard InChI is InChI=1S/C14H20N4O/c1-4-14(5-1)11-8-15-13(18-12(11)9-16-14)17-10-2-6-19-7-3-10/h8,10,16H,1-7,9H2,(H,15,17,18). The quantitative estimate of drug-likeness (QED) is 0.845. The van der Waals surface area contributed by atoms with Crippen molar-refractivity contribution in [2.75, 3.05) is 18.5 Å². The van der Waals surface area contributed by atoms with Gasteiger partial charge >= 0.3 is 0 Å². The van der Waals surface area contributed by atoms with Crippen LogP contribution in [-0.4, -0.2) is 29.2 Å². The Hall–Kier alpha value is -1.20. The molecule has 1 aliphatic carbocycles. The van der Waals surface area contributed by atoms with Crippen molar-refractivity contribution in [3.05, 3.63) is 17.5 Å². The lowest BCUT2D eigenvalue weighted by molar-refractivity contribution is 0.0903. The SMILES string of the molecule is c1nc(NC2CCOCC2)nc2c1C1(CCC1)NC2. The number of nitrogens with one attached hydrogen (secondary N) is 2. The number of anilines is 1. The molecule has 2 N–H and O–H groups in total. The minimum absolute atomic E-state index is 0.215. The van der Waals surface area contributed by atoms with Crippen LogP contribution in [0.15, 0.2) is 6.20 Å². The number of aromatic nitrogens is 2. The van der Waals surface area contributed by atoms with Crippen LogP contribution in [0.1, 0.15) is 43.4 Å². The normalized spacial score (nSPS) is 25.1. The summed E-state index contributed by atoms with van der Waals surface area (Å²) < 4.78 is 5.37. The third kappa shape index (κ3) is 1.92. The smallest absolute Gasteiger partial charge is 0.223 e. The fourth-order valence-corrected chi connectivity index (χ4v) is 3.37. The van der Waals surface area contributed by atoms with Crippen molar-refractivity contribution in [1.82, 2.24) is 15.3 Å². The third-order valence-corrected chi connectivity index (χ3v) is 4.74. The molecular formula is C14H20N4O. The van der Waals surface area contributed by atoms with E-state index < -0.39 is 0 Å². The molecule has 0 unspecified atom stereocenters. The van der Waals surface area contributed by atoms with E-state index in [2.05, 4.69) is 15.6 Å². The summed E-state index contributed by atoms with van der Waals surface area (Å²) in [5, 5.41) is 7.06. The molecule has 0 atom stereocenters. The van der Waals surface area contributed by atoms with Gasteiger partial charge in [-0.1, -0.05) is 0 Å². The zero-order valence-corrected chi connectivity index (χ0v) is 11.1. The summed E-state index contributed by atoms with van der Waals surface area (Å²) in [6.45, 7) is 2.57. The van der Waals surface area contributed by atoms with Crippen molar-refractivity contribution in [1.29, 1.82) is 0 Å². The molecule has 1 spiro atoms. The van der Waals surface area contributed by atoms with Gasteiger partial charge < -0.3 is 15.4 Å². The molecule has 5 nitrogen and oxygen atoms in total. The zero-order valence-electron chi connectivity index (χ0n) is 11.1. The van der Waals surface area contributed by atoms with E-state index in [0.717, 1.165) is 38.5 Å². The number of rotatable bonds is 2. The molecule has 2 fully saturated rings. The van der Waals surface area contributed by atoms with Gasteiger partial charge in [0.2, 0.25) is 5.95 Å². The molecule has 1 aromatic rings. The molecule has 3 heterocycles. The molecule has 0 amide bonds. The molecule has 0 aromatic carbocycles. The number of fused-ring (bicyclic) bond motifs is 2. The monoisotopic (exact) mass is 260 g/mol. The summed E-state index contributed by atoms with van der Waals surface area (Å²) >= 11 is 0. The first-order valence-corrected chi connectivity index (χ1v) is 7.31. The average molecular weight is 260 g/mol. The van der Waals surface area contributed by atoms with Crippen molar-refractivity contribution in [3.63, 3.8) is 0 Å². The molecule has 2 aliphatic heterocycles. The van der Waals surface area contributed by atoms with Crippen LogP contribution in [0.25, 0.3) is 0 Å². The van der Waals surface area contributed by atoms with Gasteiger partial charge in [-0.25, -0.2) is 9.97 Å². The van der Waals surface area contributed by atoms with Gasteiger partial charge in [0.1, 0.15) is 0 Å². The van der Waals surface area contributed by atoms with Gasteiger partial charge in [-0.2, -0.15) is 0 Å². The third-order valence-electron chi connectivity index (χ3n) is 4.74.